The van der Waals surface area contributed by atoms with Crippen molar-refractivity contribution >= 4 is 21.6 Å². The molecule has 2 aromatic carbocycles. The van der Waals surface area contributed by atoms with Gasteiger partial charge in [-0.3, -0.25) is 9.52 Å². The van der Waals surface area contributed by atoms with Crippen molar-refractivity contribution in [2.75, 3.05) is 18.4 Å². The Morgan fingerprint density at radius 1 is 1.00 bits per heavy atom. The first-order valence-corrected chi connectivity index (χ1v) is 11.1. The number of pyridine rings is 1. The number of hydrogen-bond donors (Lipinski definition) is 2. The number of nitrogens with one attached hydrogen (secondary N) is 2. The Labute approximate surface area is 181 Å². The van der Waals surface area contributed by atoms with Crippen LogP contribution in [0.25, 0.3) is 0 Å². The molecule has 0 saturated carbocycles. The molecule has 1 heterocycles. The van der Waals surface area contributed by atoms with Gasteiger partial charge in [0.1, 0.15) is 17.1 Å². The van der Waals surface area contributed by atoms with E-state index in [0.29, 0.717) is 29.3 Å². The van der Waals surface area contributed by atoms with Crippen LogP contribution in [0.3, 0.4) is 0 Å². The number of ether oxygens (including phenoxy) is 2. The van der Waals surface area contributed by atoms with Crippen molar-refractivity contribution in [2.24, 2.45) is 0 Å². The normalized spacial score (nSPS) is 10.9. The Balaban J connectivity index is 1.72. The summed E-state index contributed by atoms with van der Waals surface area (Å²) in [5, 5.41) is 2.79. The second-order valence-corrected chi connectivity index (χ2v) is 8.20. The zero-order chi connectivity index (χ0) is 22.3. The van der Waals surface area contributed by atoms with Crippen molar-refractivity contribution < 1.29 is 22.7 Å². The Bertz CT molecular complexity index is 1130. The SMILES string of the molecule is CCCNC(=O)c1cccnc1Oc1ccc(NS(=O)(=O)c2ccc(OC)cc2)cc1. The number of carbonyl (C=O) groups excluding carboxylic acids is 1. The molecule has 2 N–H and O–H groups in total. The Morgan fingerprint density at radius 2 is 1.68 bits per heavy atom. The van der Waals surface area contributed by atoms with Crippen LogP contribution in [0.5, 0.6) is 17.4 Å². The van der Waals surface area contributed by atoms with Crippen molar-refractivity contribution in [3.63, 3.8) is 0 Å². The quantitative estimate of drug-likeness (QED) is 0.523. The zero-order valence-electron chi connectivity index (χ0n) is 17.2. The van der Waals surface area contributed by atoms with E-state index in [4.69, 9.17) is 9.47 Å². The number of aromatic nitrogens is 1. The van der Waals surface area contributed by atoms with Gasteiger partial charge in [-0.25, -0.2) is 13.4 Å². The number of hydrogen-bond acceptors (Lipinski definition) is 6. The lowest BCUT2D eigenvalue weighted by atomic mass is 10.2. The summed E-state index contributed by atoms with van der Waals surface area (Å²) in [7, 11) is -2.24. The summed E-state index contributed by atoms with van der Waals surface area (Å²) in [4.78, 5) is 16.5. The van der Waals surface area contributed by atoms with Gasteiger partial charge in [-0.05, 0) is 67.1 Å². The molecule has 3 aromatic rings. The third kappa shape index (κ3) is 5.73. The molecule has 0 fully saturated rings. The van der Waals surface area contributed by atoms with Crippen LogP contribution in [0.4, 0.5) is 5.69 Å². The molecule has 0 spiro atoms. The maximum atomic E-state index is 12.5. The van der Waals surface area contributed by atoms with Gasteiger partial charge in [0, 0.05) is 18.4 Å². The van der Waals surface area contributed by atoms with Crippen LogP contribution in [0.2, 0.25) is 0 Å². The Morgan fingerprint density at radius 3 is 2.32 bits per heavy atom. The van der Waals surface area contributed by atoms with Gasteiger partial charge in [0.25, 0.3) is 15.9 Å². The lowest BCUT2D eigenvalue weighted by molar-refractivity contribution is 0.0950. The van der Waals surface area contributed by atoms with Crippen molar-refractivity contribution in [3.05, 3.63) is 72.4 Å². The average molecular weight is 442 g/mol. The molecule has 0 radical (unpaired) electrons. The van der Waals surface area contributed by atoms with Crippen LogP contribution in [-0.4, -0.2) is 33.0 Å². The highest BCUT2D eigenvalue weighted by atomic mass is 32.2. The molecule has 0 unspecified atom stereocenters. The maximum Gasteiger partial charge on any atom is 0.261 e. The molecule has 1 amide bonds. The molecule has 0 aliphatic carbocycles. The van der Waals surface area contributed by atoms with Gasteiger partial charge in [-0.1, -0.05) is 6.92 Å². The standard InChI is InChI=1S/C22H23N3O5S/c1-3-14-23-21(26)20-5-4-15-24-22(20)30-18-8-6-16(7-9-18)25-31(27,28)19-12-10-17(29-2)11-13-19/h4-13,15,25H,3,14H2,1-2H3,(H,23,26). The number of methoxy groups -OCH3 is 1. The molecule has 0 bridgehead atoms. The van der Waals surface area contributed by atoms with Crippen LogP contribution in [0.1, 0.15) is 23.7 Å². The number of benzene rings is 2. The molecule has 0 atom stereocenters. The number of anilines is 1. The number of rotatable bonds is 9. The number of amides is 1. The molecular formula is C22H23N3O5S. The summed E-state index contributed by atoms with van der Waals surface area (Å²) in [6.45, 7) is 2.52. The third-order valence-corrected chi connectivity index (χ3v) is 5.64. The summed E-state index contributed by atoms with van der Waals surface area (Å²) < 4.78 is 38.4. The van der Waals surface area contributed by atoms with E-state index in [-0.39, 0.29) is 16.7 Å². The largest absolute Gasteiger partial charge is 0.497 e. The van der Waals surface area contributed by atoms with Crippen molar-refractivity contribution in [2.45, 2.75) is 18.2 Å². The molecule has 1 aromatic heterocycles. The van der Waals surface area contributed by atoms with E-state index in [1.54, 1.807) is 48.5 Å². The monoisotopic (exact) mass is 441 g/mol. The first-order chi connectivity index (χ1) is 14.9. The van der Waals surface area contributed by atoms with Crippen LogP contribution >= 0.6 is 0 Å². The molecule has 9 heteroatoms. The van der Waals surface area contributed by atoms with Crippen molar-refractivity contribution in [3.8, 4) is 17.4 Å². The van der Waals surface area contributed by atoms with Crippen molar-refractivity contribution in [1.82, 2.24) is 10.3 Å². The molecule has 31 heavy (non-hydrogen) atoms. The molecule has 3 rings (SSSR count). The van der Waals surface area contributed by atoms with Gasteiger partial charge in [0.15, 0.2) is 0 Å². The van der Waals surface area contributed by atoms with Gasteiger partial charge in [0.2, 0.25) is 5.88 Å². The fourth-order valence-corrected chi connectivity index (χ4v) is 3.71. The highest BCUT2D eigenvalue weighted by Gasteiger charge is 2.16. The van der Waals surface area contributed by atoms with Gasteiger partial charge in [0.05, 0.1) is 12.0 Å². The third-order valence-electron chi connectivity index (χ3n) is 4.24. The second kappa shape index (κ2) is 9.94. The molecule has 0 aliphatic rings. The van der Waals surface area contributed by atoms with E-state index in [9.17, 15) is 13.2 Å². The van der Waals surface area contributed by atoms with E-state index in [0.717, 1.165) is 6.42 Å². The minimum atomic E-state index is -3.75. The average Bonchev–Trinajstić information content (AvgIpc) is 2.79. The van der Waals surface area contributed by atoms with Crippen LogP contribution < -0.4 is 19.5 Å². The van der Waals surface area contributed by atoms with E-state index in [1.807, 2.05) is 6.92 Å². The zero-order valence-corrected chi connectivity index (χ0v) is 18.0. The minimum absolute atomic E-state index is 0.116. The number of carbonyl (C=O) groups is 1. The van der Waals surface area contributed by atoms with E-state index in [1.165, 1.54) is 25.4 Å². The lowest BCUT2D eigenvalue weighted by Crippen LogP contribution is -2.24. The summed E-state index contributed by atoms with van der Waals surface area (Å²) >= 11 is 0. The van der Waals surface area contributed by atoms with E-state index in [2.05, 4.69) is 15.0 Å². The van der Waals surface area contributed by atoms with Crippen molar-refractivity contribution in [1.29, 1.82) is 0 Å². The molecule has 0 aliphatic heterocycles. The molecule has 8 nitrogen and oxygen atoms in total. The van der Waals surface area contributed by atoms with Crippen LogP contribution in [0, 0.1) is 0 Å². The van der Waals surface area contributed by atoms with Crippen LogP contribution in [0.15, 0.2) is 71.8 Å². The minimum Gasteiger partial charge on any atom is -0.497 e. The highest BCUT2D eigenvalue weighted by molar-refractivity contribution is 7.92. The fourth-order valence-electron chi connectivity index (χ4n) is 2.65. The van der Waals surface area contributed by atoms with Gasteiger partial charge >= 0.3 is 0 Å². The van der Waals surface area contributed by atoms with Crippen LogP contribution in [-0.2, 0) is 10.0 Å². The summed E-state index contributed by atoms with van der Waals surface area (Å²) in [6.07, 6.45) is 2.35. The fraction of sp³-hybridized carbons (Fsp3) is 0.182. The van der Waals surface area contributed by atoms with E-state index >= 15 is 0 Å². The predicted molar refractivity (Wildman–Crippen MR) is 117 cm³/mol. The Hall–Kier alpha value is -3.59. The first-order valence-electron chi connectivity index (χ1n) is 9.61. The summed E-state index contributed by atoms with van der Waals surface area (Å²) in [6, 6.07) is 15.7. The highest BCUT2D eigenvalue weighted by Crippen LogP contribution is 2.25. The van der Waals surface area contributed by atoms with E-state index < -0.39 is 10.0 Å². The van der Waals surface area contributed by atoms with Gasteiger partial charge < -0.3 is 14.8 Å². The molecule has 162 valence electrons. The lowest BCUT2D eigenvalue weighted by Gasteiger charge is -2.11. The number of nitrogens with zero attached hydrogens (tertiary/aromatic N) is 1. The molecule has 0 saturated heterocycles. The van der Waals surface area contributed by atoms with Gasteiger partial charge in [-0.2, -0.15) is 0 Å². The molecular weight excluding hydrogens is 418 g/mol. The summed E-state index contributed by atoms with van der Waals surface area (Å²) in [5.41, 5.74) is 0.685. The summed E-state index contributed by atoms with van der Waals surface area (Å²) in [5.74, 6) is 0.879. The Kier molecular flexibility index (Phi) is 7.09. The predicted octanol–water partition coefficient (Wildman–Crippen LogP) is 3.82. The topological polar surface area (TPSA) is 107 Å². The first kappa shape index (κ1) is 22.1. The maximum absolute atomic E-state index is 12.5. The van der Waals surface area contributed by atoms with Gasteiger partial charge in [-0.15, -0.1) is 0 Å². The second-order valence-electron chi connectivity index (χ2n) is 6.52. The number of sulfonamides is 1. The smallest absolute Gasteiger partial charge is 0.261 e.